The molecule has 0 bridgehead atoms. The maximum Gasteiger partial charge on any atom is 0.176 e. The zero-order chi connectivity index (χ0) is 14.7. The van der Waals surface area contributed by atoms with E-state index in [2.05, 4.69) is 36.7 Å². The van der Waals surface area contributed by atoms with E-state index in [1.165, 1.54) is 6.21 Å². The van der Waals surface area contributed by atoms with Gasteiger partial charge >= 0.3 is 0 Å². The maximum atomic E-state index is 9.74. The summed E-state index contributed by atoms with van der Waals surface area (Å²) in [7, 11) is 0. The first kappa shape index (κ1) is 13.5. The van der Waals surface area contributed by atoms with Crippen molar-refractivity contribution in [3.8, 4) is 5.75 Å². The largest absolute Gasteiger partial charge is 0.507 e. The predicted octanol–water partition coefficient (Wildman–Crippen LogP) is 3.54. The Bertz CT molecular complexity index is 814. The number of benzene rings is 2. The summed E-state index contributed by atoms with van der Waals surface area (Å²) in [5.41, 5.74) is 3.45. The standard InChI is InChI=1S/C15H11BrN4O/c16-12-5-6-14(21)11(7-12)9-18-20-15-13-4-2-1-3-10(13)8-17-19-15/h1-9,21H,(H,19,20)/b18-9+. The lowest BCUT2D eigenvalue weighted by Gasteiger charge is -2.03. The molecule has 21 heavy (non-hydrogen) atoms. The molecule has 0 fully saturated rings. The second-order valence-electron chi connectivity index (χ2n) is 4.35. The molecule has 6 heteroatoms. The van der Waals surface area contributed by atoms with Crippen LogP contribution in [0.15, 0.2) is 58.2 Å². The van der Waals surface area contributed by atoms with Crippen molar-refractivity contribution in [3.63, 3.8) is 0 Å². The zero-order valence-corrected chi connectivity index (χ0v) is 12.4. The zero-order valence-electron chi connectivity index (χ0n) is 10.9. The van der Waals surface area contributed by atoms with E-state index in [4.69, 9.17) is 0 Å². The van der Waals surface area contributed by atoms with Crippen molar-refractivity contribution in [2.45, 2.75) is 0 Å². The minimum absolute atomic E-state index is 0.160. The van der Waals surface area contributed by atoms with Crippen LogP contribution in [0.4, 0.5) is 5.82 Å². The topological polar surface area (TPSA) is 70.4 Å². The van der Waals surface area contributed by atoms with Crippen LogP contribution in [0.2, 0.25) is 0 Å². The van der Waals surface area contributed by atoms with Crippen LogP contribution in [0.25, 0.3) is 10.8 Å². The first-order chi connectivity index (χ1) is 10.2. The Hall–Kier alpha value is -2.47. The first-order valence-electron chi connectivity index (χ1n) is 6.22. The number of nitrogens with zero attached hydrogens (tertiary/aromatic N) is 3. The molecule has 1 heterocycles. The van der Waals surface area contributed by atoms with Crippen molar-refractivity contribution in [2.24, 2.45) is 5.10 Å². The van der Waals surface area contributed by atoms with Crippen LogP contribution in [-0.2, 0) is 0 Å². The van der Waals surface area contributed by atoms with E-state index in [9.17, 15) is 5.11 Å². The van der Waals surface area contributed by atoms with Crippen molar-refractivity contribution in [3.05, 3.63) is 58.7 Å². The Morgan fingerprint density at radius 1 is 1.19 bits per heavy atom. The Kier molecular flexibility index (Phi) is 3.79. The fourth-order valence-electron chi connectivity index (χ4n) is 1.90. The van der Waals surface area contributed by atoms with Gasteiger partial charge in [0.05, 0.1) is 12.4 Å². The van der Waals surface area contributed by atoms with Gasteiger partial charge in [0.1, 0.15) is 5.75 Å². The molecule has 0 aliphatic heterocycles. The smallest absolute Gasteiger partial charge is 0.176 e. The van der Waals surface area contributed by atoms with Gasteiger partial charge in [-0.05, 0) is 18.2 Å². The van der Waals surface area contributed by atoms with Crippen LogP contribution >= 0.6 is 15.9 Å². The molecule has 3 rings (SSSR count). The van der Waals surface area contributed by atoms with Gasteiger partial charge in [0.2, 0.25) is 0 Å². The molecule has 0 radical (unpaired) electrons. The van der Waals surface area contributed by atoms with Gasteiger partial charge in [-0.25, -0.2) is 0 Å². The molecule has 104 valence electrons. The van der Waals surface area contributed by atoms with E-state index in [1.54, 1.807) is 24.4 Å². The van der Waals surface area contributed by atoms with Crippen LogP contribution in [0.3, 0.4) is 0 Å². The number of fused-ring (bicyclic) bond motifs is 1. The van der Waals surface area contributed by atoms with E-state index < -0.39 is 0 Å². The number of aromatic nitrogens is 2. The molecule has 1 aromatic heterocycles. The number of hydrogen-bond donors (Lipinski definition) is 2. The van der Waals surface area contributed by atoms with E-state index in [0.29, 0.717) is 11.4 Å². The van der Waals surface area contributed by atoms with E-state index in [0.717, 1.165) is 15.2 Å². The molecular weight excluding hydrogens is 332 g/mol. The average molecular weight is 343 g/mol. The normalized spacial score (nSPS) is 11.1. The fraction of sp³-hybridized carbons (Fsp3) is 0. The lowest BCUT2D eigenvalue weighted by molar-refractivity contribution is 0.474. The van der Waals surface area contributed by atoms with Crippen molar-refractivity contribution >= 4 is 38.7 Å². The number of halogens is 1. The summed E-state index contributed by atoms with van der Waals surface area (Å²) in [6.07, 6.45) is 3.23. The number of rotatable bonds is 3. The highest BCUT2D eigenvalue weighted by Crippen LogP contribution is 2.21. The van der Waals surface area contributed by atoms with Gasteiger partial charge in [0, 0.05) is 20.8 Å². The molecule has 0 aliphatic rings. The van der Waals surface area contributed by atoms with E-state index in [-0.39, 0.29) is 5.75 Å². The summed E-state index contributed by atoms with van der Waals surface area (Å²) in [5.74, 6) is 0.728. The molecule has 2 aromatic carbocycles. The highest BCUT2D eigenvalue weighted by Gasteiger charge is 2.02. The van der Waals surface area contributed by atoms with Crippen LogP contribution in [0.5, 0.6) is 5.75 Å². The highest BCUT2D eigenvalue weighted by molar-refractivity contribution is 9.10. The van der Waals surface area contributed by atoms with Crippen molar-refractivity contribution in [1.29, 1.82) is 0 Å². The minimum Gasteiger partial charge on any atom is -0.507 e. The Morgan fingerprint density at radius 3 is 2.95 bits per heavy atom. The van der Waals surface area contributed by atoms with Gasteiger partial charge in [-0.3, -0.25) is 5.43 Å². The molecule has 3 aromatic rings. The minimum atomic E-state index is 0.160. The summed E-state index contributed by atoms with van der Waals surface area (Å²) in [4.78, 5) is 0. The predicted molar refractivity (Wildman–Crippen MR) is 86.6 cm³/mol. The lowest BCUT2D eigenvalue weighted by atomic mass is 10.2. The number of anilines is 1. The number of aromatic hydroxyl groups is 1. The molecule has 0 unspecified atom stereocenters. The third kappa shape index (κ3) is 3.00. The summed E-state index contributed by atoms with van der Waals surface area (Å²) >= 11 is 3.35. The maximum absolute atomic E-state index is 9.74. The Labute approximate surface area is 129 Å². The summed E-state index contributed by atoms with van der Waals surface area (Å²) in [5, 5.41) is 23.7. The third-order valence-corrected chi connectivity index (χ3v) is 3.43. The molecule has 0 spiro atoms. The molecule has 0 amide bonds. The molecule has 0 saturated heterocycles. The number of hydrazone groups is 1. The molecule has 2 N–H and O–H groups in total. The average Bonchev–Trinajstić information content (AvgIpc) is 2.51. The number of phenols is 1. The van der Waals surface area contributed by atoms with Crippen LogP contribution in [0, 0.1) is 0 Å². The van der Waals surface area contributed by atoms with Gasteiger partial charge < -0.3 is 5.11 Å². The van der Waals surface area contributed by atoms with Gasteiger partial charge in [0.15, 0.2) is 5.82 Å². The second kappa shape index (κ2) is 5.88. The lowest BCUT2D eigenvalue weighted by Crippen LogP contribution is -1.96. The SMILES string of the molecule is Oc1ccc(Br)cc1/C=N/Nc1nncc2ccccc12. The van der Waals surface area contributed by atoms with Crippen molar-refractivity contribution in [2.75, 3.05) is 5.43 Å². The molecule has 0 saturated carbocycles. The van der Waals surface area contributed by atoms with Crippen LogP contribution in [0.1, 0.15) is 5.56 Å². The van der Waals surface area contributed by atoms with Gasteiger partial charge in [-0.15, -0.1) is 5.10 Å². The number of hydrogen-bond acceptors (Lipinski definition) is 5. The van der Waals surface area contributed by atoms with Gasteiger partial charge in [-0.2, -0.15) is 10.2 Å². The van der Waals surface area contributed by atoms with Crippen molar-refractivity contribution < 1.29 is 5.11 Å². The Balaban J connectivity index is 1.86. The quantitative estimate of drug-likeness (QED) is 0.564. The van der Waals surface area contributed by atoms with E-state index in [1.807, 2.05) is 24.3 Å². The second-order valence-corrected chi connectivity index (χ2v) is 5.27. The highest BCUT2D eigenvalue weighted by atomic mass is 79.9. The van der Waals surface area contributed by atoms with Gasteiger partial charge in [0.25, 0.3) is 0 Å². The first-order valence-corrected chi connectivity index (χ1v) is 7.01. The summed E-state index contributed by atoms with van der Waals surface area (Å²) < 4.78 is 0.867. The summed E-state index contributed by atoms with van der Waals surface area (Å²) in [6, 6.07) is 12.9. The fourth-order valence-corrected chi connectivity index (χ4v) is 2.28. The van der Waals surface area contributed by atoms with Gasteiger partial charge in [-0.1, -0.05) is 40.2 Å². The third-order valence-electron chi connectivity index (χ3n) is 2.93. The van der Waals surface area contributed by atoms with Crippen LogP contribution in [-0.4, -0.2) is 21.5 Å². The molecule has 0 aliphatic carbocycles. The molecule has 0 atom stereocenters. The monoisotopic (exact) mass is 342 g/mol. The number of nitrogens with one attached hydrogen (secondary N) is 1. The number of phenolic OH excluding ortho intramolecular Hbond substituents is 1. The molecular formula is C15H11BrN4O. The molecule has 5 nitrogen and oxygen atoms in total. The van der Waals surface area contributed by atoms with Crippen LogP contribution < -0.4 is 5.43 Å². The summed E-state index contributed by atoms with van der Waals surface area (Å²) in [6.45, 7) is 0. The Morgan fingerprint density at radius 2 is 2.05 bits per heavy atom. The van der Waals surface area contributed by atoms with E-state index >= 15 is 0 Å². The van der Waals surface area contributed by atoms with Crippen molar-refractivity contribution in [1.82, 2.24) is 10.2 Å².